The van der Waals surface area contributed by atoms with E-state index in [1.54, 1.807) is 0 Å². The van der Waals surface area contributed by atoms with Crippen molar-refractivity contribution in [1.29, 1.82) is 0 Å². The number of likely N-dealkylation sites (tertiary alicyclic amines) is 1. The average Bonchev–Trinajstić information content (AvgIpc) is 2.41. The van der Waals surface area contributed by atoms with Gasteiger partial charge in [-0.3, -0.25) is 9.69 Å². The Balaban J connectivity index is 0.000000492. The van der Waals surface area contributed by atoms with Crippen LogP contribution in [-0.4, -0.2) is 29.1 Å². The molecule has 1 saturated heterocycles. The standard InChI is InChI=1S/C14H21N.CH2O2/c1-2-14-10-6-7-11-15(14)12-13-8-4-3-5-9-13;2-1-3/h3-5,8-9,14H,2,6-7,10-12H2,1H3;1H,(H,2,3). The van der Waals surface area contributed by atoms with Crippen molar-refractivity contribution in [3.63, 3.8) is 0 Å². The zero-order valence-electron chi connectivity index (χ0n) is 11.1. The Bertz CT molecular complexity index is 327. The van der Waals surface area contributed by atoms with Gasteiger partial charge >= 0.3 is 0 Å². The van der Waals surface area contributed by atoms with E-state index >= 15 is 0 Å². The van der Waals surface area contributed by atoms with E-state index in [0.29, 0.717) is 0 Å². The fourth-order valence-corrected chi connectivity index (χ4v) is 2.55. The Labute approximate surface area is 109 Å². The molecule has 1 unspecified atom stereocenters. The van der Waals surface area contributed by atoms with Crippen molar-refractivity contribution in [2.45, 2.75) is 45.2 Å². The Morgan fingerprint density at radius 1 is 1.33 bits per heavy atom. The third-order valence-corrected chi connectivity index (χ3v) is 3.45. The van der Waals surface area contributed by atoms with Crippen molar-refractivity contribution in [2.24, 2.45) is 0 Å². The van der Waals surface area contributed by atoms with Crippen LogP contribution in [0.15, 0.2) is 30.3 Å². The maximum Gasteiger partial charge on any atom is 0.290 e. The second-order valence-corrected chi connectivity index (χ2v) is 4.62. The highest BCUT2D eigenvalue weighted by molar-refractivity contribution is 5.32. The Hall–Kier alpha value is -1.35. The number of piperidine rings is 1. The molecular formula is C15H23NO2. The van der Waals surface area contributed by atoms with Gasteiger partial charge in [0.1, 0.15) is 0 Å². The summed E-state index contributed by atoms with van der Waals surface area (Å²) in [6, 6.07) is 11.7. The third-order valence-electron chi connectivity index (χ3n) is 3.45. The van der Waals surface area contributed by atoms with Crippen molar-refractivity contribution in [1.82, 2.24) is 4.90 Å². The first-order valence-corrected chi connectivity index (χ1v) is 6.67. The van der Waals surface area contributed by atoms with Gasteiger partial charge in [-0.05, 0) is 31.4 Å². The maximum absolute atomic E-state index is 8.36. The van der Waals surface area contributed by atoms with Crippen LogP contribution in [0, 0.1) is 0 Å². The van der Waals surface area contributed by atoms with Gasteiger partial charge in [-0.15, -0.1) is 0 Å². The van der Waals surface area contributed by atoms with Gasteiger partial charge in [0.05, 0.1) is 0 Å². The molecule has 1 fully saturated rings. The fourth-order valence-electron chi connectivity index (χ4n) is 2.55. The van der Waals surface area contributed by atoms with Crippen LogP contribution in [0.3, 0.4) is 0 Å². The van der Waals surface area contributed by atoms with Gasteiger partial charge in [0.2, 0.25) is 0 Å². The minimum Gasteiger partial charge on any atom is -0.483 e. The maximum atomic E-state index is 8.36. The highest BCUT2D eigenvalue weighted by Crippen LogP contribution is 2.21. The molecule has 0 saturated carbocycles. The molecular weight excluding hydrogens is 226 g/mol. The topological polar surface area (TPSA) is 40.5 Å². The summed E-state index contributed by atoms with van der Waals surface area (Å²) in [6.45, 7) is 4.49. The molecule has 100 valence electrons. The molecule has 1 atom stereocenters. The summed E-state index contributed by atoms with van der Waals surface area (Å²) < 4.78 is 0. The minimum atomic E-state index is -0.250. The van der Waals surface area contributed by atoms with Crippen molar-refractivity contribution >= 4 is 6.47 Å². The first-order chi connectivity index (χ1) is 8.81. The normalized spacial score (nSPS) is 19.7. The smallest absolute Gasteiger partial charge is 0.290 e. The highest BCUT2D eigenvalue weighted by atomic mass is 16.3. The lowest BCUT2D eigenvalue weighted by Gasteiger charge is -2.35. The van der Waals surface area contributed by atoms with Gasteiger partial charge in [0, 0.05) is 12.6 Å². The van der Waals surface area contributed by atoms with Gasteiger partial charge in [-0.25, -0.2) is 0 Å². The number of carbonyl (C=O) groups is 1. The summed E-state index contributed by atoms with van der Waals surface area (Å²) in [6.07, 6.45) is 5.49. The molecule has 2 rings (SSSR count). The van der Waals surface area contributed by atoms with Crippen LogP contribution in [-0.2, 0) is 11.3 Å². The molecule has 1 aromatic carbocycles. The van der Waals surface area contributed by atoms with Crippen molar-refractivity contribution < 1.29 is 9.90 Å². The van der Waals surface area contributed by atoms with E-state index < -0.39 is 0 Å². The van der Waals surface area contributed by atoms with Gasteiger partial charge in [0.15, 0.2) is 0 Å². The van der Waals surface area contributed by atoms with Crippen LogP contribution < -0.4 is 0 Å². The molecule has 1 N–H and O–H groups in total. The number of nitrogens with zero attached hydrogens (tertiary/aromatic N) is 1. The van der Waals surface area contributed by atoms with Crippen LogP contribution in [0.1, 0.15) is 38.2 Å². The van der Waals surface area contributed by atoms with Crippen LogP contribution >= 0.6 is 0 Å². The molecule has 0 amide bonds. The van der Waals surface area contributed by atoms with E-state index in [1.165, 1.54) is 37.8 Å². The second-order valence-electron chi connectivity index (χ2n) is 4.62. The van der Waals surface area contributed by atoms with E-state index in [2.05, 4.69) is 42.2 Å². The lowest BCUT2D eigenvalue weighted by atomic mass is 9.99. The molecule has 0 bridgehead atoms. The molecule has 18 heavy (non-hydrogen) atoms. The SMILES string of the molecule is CCC1CCCCN1Cc1ccccc1.O=CO. The zero-order valence-corrected chi connectivity index (χ0v) is 11.1. The fraction of sp³-hybridized carbons (Fsp3) is 0.533. The number of hydrogen-bond acceptors (Lipinski definition) is 2. The predicted molar refractivity (Wildman–Crippen MR) is 73.5 cm³/mol. The summed E-state index contributed by atoms with van der Waals surface area (Å²) in [5.74, 6) is 0. The van der Waals surface area contributed by atoms with Gasteiger partial charge < -0.3 is 5.11 Å². The Morgan fingerprint density at radius 2 is 2.00 bits per heavy atom. The third kappa shape index (κ3) is 4.88. The molecule has 1 aliphatic rings. The quantitative estimate of drug-likeness (QED) is 0.837. The van der Waals surface area contributed by atoms with E-state index in [9.17, 15) is 0 Å². The van der Waals surface area contributed by atoms with E-state index in [-0.39, 0.29) is 6.47 Å². The highest BCUT2D eigenvalue weighted by Gasteiger charge is 2.20. The molecule has 0 aliphatic carbocycles. The lowest BCUT2D eigenvalue weighted by Crippen LogP contribution is -2.38. The average molecular weight is 249 g/mol. The van der Waals surface area contributed by atoms with Crippen LogP contribution in [0.25, 0.3) is 0 Å². The van der Waals surface area contributed by atoms with Crippen molar-refractivity contribution in [2.75, 3.05) is 6.54 Å². The molecule has 1 aromatic rings. The molecule has 0 aromatic heterocycles. The van der Waals surface area contributed by atoms with Crippen LogP contribution in [0.5, 0.6) is 0 Å². The molecule has 3 heteroatoms. The molecule has 1 heterocycles. The Kier molecular flexibility index (Phi) is 7.11. The summed E-state index contributed by atoms with van der Waals surface area (Å²) in [5, 5.41) is 6.89. The summed E-state index contributed by atoms with van der Waals surface area (Å²) in [7, 11) is 0. The summed E-state index contributed by atoms with van der Waals surface area (Å²) in [5.41, 5.74) is 1.46. The molecule has 3 nitrogen and oxygen atoms in total. The van der Waals surface area contributed by atoms with Crippen LogP contribution in [0.4, 0.5) is 0 Å². The zero-order chi connectivity index (χ0) is 13.2. The first kappa shape index (κ1) is 14.7. The Morgan fingerprint density at radius 3 is 2.61 bits per heavy atom. The predicted octanol–water partition coefficient (Wildman–Crippen LogP) is 3.15. The largest absolute Gasteiger partial charge is 0.483 e. The monoisotopic (exact) mass is 249 g/mol. The number of benzene rings is 1. The van der Waals surface area contributed by atoms with Gasteiger partial charge in [-0.1, -0.05) is 43.7 Å². The minimum absolute atomic E-state index is 0.250. The molecule has 0 spiro atoms. The molecule has 1 aliphatic heterocycles. The lowest BCUT2D eigenvalue weighted by molar-refractivity contribution is -0.122. The second kappa shape index (κ2) is 8.70. The van der Waals surface area contributed by atoms with Crippen molar-refractivity contribution in [3.8, 4) is 0 Å². The van der Waals surface area contributed by atoms with Gasteiger partial charge in [0.25, 0.3) is 6.47 Å². The van der Waals surface area contributed by atoms with Crippen LogP contribution in [0.2, 0.25) is 0 Å². The number of hydrogen-bond donors (Lipinski definition) is 1. The summed E-state index contributed by atoms with van der Waals surface area (Å²) >= 11 is 0. The first-order valence-electron chi connectivity index (χ1n) is 6.67. The van der Waals surface area contributed by atoms with E-state index in [4.69, 9.17) is 9.90 Å². The van der Waals surface area contributed by atoms with E-state index in [1.807, 2.05) is 0 Å². The molecule has 0 radical (unpaired) electrons. The summed E-state index contributed by atoms with van der Waals surface area (Å²) in [4.78, 5) is 11.0. The van der Waals surface area contributed by atoms with Gasteiger partial charge in [-0.2, -0.15) is 0 Å². The number of carboxylic acid groups (broad SMARTS) is 1. The van der Waals surface area contributed by atoms with Crippen molar-refractivity contribution in [3.05, 3.63) is 35.9 Å². The van der Waals surface area contributed by atoms with E-state index in [0.717, 1.165) is 12.6 Å². The number of rotatable bonds is 3.